The molecule has 0 aliphatic rings. The average Bonchev–Trinajstić information content (AvgIpc) is 2.69. The summed E-state index contributed by atoms with van der Waals surface area (Å²) in [5.41, 5.74) is -9.06. The van der Waals surface area contributed by atoms with E-state index in [4.69, 9.17) is 0 Å². The van der Waals surface area contributed by atoms with Crippen LogP contribution in [0.5, 0.6) is 0 Å². The van der Waals surface area contributed by atoms with Gasteiger partial charge in [0.15, 0.2) is 0 Å². The van der Waals surface area contributed by atoms with Crippen molar-refractivity contribution in [3.05, 3.63) is 0 Å². The summed E-state index contributed by atoms with van der Waals surface area (Å²) >= 11 is 0. The smallest absolute Gasteiger partial charge is 0.488 e. The van der Waals surface area contributed by atoms with E-state index in [1.54, 1.807) is 0 Å². The molecule has 0 spiro atoms. The van der Waals surface area contributed by atoms with E-state index < -0.39 is 86.7 Å². The van der Waals surface area contributed by atoms with Gasteiger partial charge in [-0.15, -0.1) is 4.52 Å². The first-order chi connectivity index (χ1) is 16.9. The van der Waals surface area contributed by atoms with Crippen molar-refractivity contribution < 1.29 is 115 Å². The molecule has 1 unspecified atom stereocenters. The van der Waals surface area contributed by atoms with E-state index in [9.17, 15) is 110 Å². The van der Waals surface area contributed by atoms with Gasteiger partial charge in [-0.2, -0.15) is 96.6 Å². The molecule has 0 aromatic carbocycles. The van der Waals surface area contributed by atoms with Crippen LogP contribution < -0.4 is 4.89 Å². The van der Waals surface area contributed by atoms with Gasteiger partial charge in [0.05, 0.1) is 0 Å². The normalized spacial score (nSPS) is 16.9. The highest BCUT2D eigenvalue weighted by Crippen LogP contribution is 2.67. The second kappa shape index (κ2) is 10.0. The summed E-state index contributed by atoms with van der Waals surface area (Å²) < 4.78 is 317. The highest BCUT2D eigenvalue weighted by molar-refractivity contribution is 7.30. The monoisotopic (exact) mass is 676 g/mol. The number of hydrogen-bond acceptors (Lipinski definition) is 3. The third-order valence-electron chi connectivity index (χ3n) is 4.65. The second-order valence-corrected chi connectivity index (χ2v) is 7.89. The first-order valence-electron chi connectivity index (χ1n) is 8.54. The Morgan fingerprint density at radius 2 is 0.700 bits per heavy atom. The molecule has 0 radical (unpaired) electrons. The Kier molecular flexibility index (Phi) is 9.61. The van der Waals surface area contributed by atoms with Gasteiger partial charge in [-0.25, -0.2) is 4.39 Å². The van der Waals surface area contributed by atoms with Crippen LogP contribution in [0.25, 0.3) is 0 Å². The highest BCUT2D eigenvalue weighted by atomic mass is 31.1. The fraction of sp³-hybridized carbons (Fsp3) is 1.00. The molecule has 1 atom stereocenters. The minimum atomic E-state index is -9.53. The molecule has 27 heteroatoms. The molecule has 0 aliphatic heterocycles. The predicted molar refractivity (Wildman–Crippen MR) is 73.7 cm³/mol. The maximum absolute atomic E-state index is 13.6. The van der Waals surface area contributed by atoms with Crippen molar-refractivity contribution in [2.24, 2.45) is 0 Å². The van der Waals surface area contributed by atoms with Gasteiger partial charge in [0, 0.05) is 6.42 Å². The van der Waals surface area contributed by atoms with Gasteiger partial charge < -0.3 is 4.89 Å². The van der Waals surface area contributed by atoms with Gasteiger partial charge in [0.1, 0.15) is 6.61 Å². The summed E-state index contributed by atoms with van der Waals surface area (Å²) in [5.74, 6) is -71.2. The largest absolute Gasteiger partial charge is 0.566 e. The Morgan fingerprint density at radius 3 is 0.950 bits per heavy atom. The average molecular weight is 676 g/mol. The Balaban J connectivity index is 7.17. The van der Waals surface area contributed by atoms with Crippen molar-refractivity contribution in [2.45, 2.75) is 71.8 Å². The molecule has 0 fully saturated rings. The third kappa shape index (κ3) is 5.02. The maximum atomic E-state index is 13.6. The number of alkyl halides is 23. The molecule has 0 aromatic heterocycles. The van der Waals surface area contributed by atoms with Crippen molar-refractivity contribution in [3.63, 3.8) is 0 Å². The molecular weight excluding hydrogens is 672 g/mol. The molecular formula is C13H4F23O3P. The number of halogens is 23. The fourth-order valence-corrected chi connectivity index (χ4v) is 2.59. The lowest BCUT2D eigenvalue weighted by molar-refractivity contribution is -0.481. The molecule has 0 saturated heterocycles. The molecule has 0 saturated carbocycles. The number of rotatable bonds is 12. The van der Waals surface area contributed by atoms with Crippen LogP contribution in [-0.4, -0.2) is 72.0 Å². The molecule has 0 aliphatic carbocycles. The second-order valence-electron chi connectivity index (χ2n) is 7.19. The van der Waals surface area contributed by atoms with E-state index in [2.05, 4.69) is 4.52 Å². The van der Waals surface area contributed by atoms with Crippen LogP contribution in [0, 0.1) is 0 Å². The summed E-state index contributed by atoms with van der Waals surface area (Å²) in [6, 6.07) is 0. The van der Waals surface area contributed by atoms with Gasteiger partial charge in [-0.1, -0.05) is 0 Å². The van der Waals surface area contributed by atoms with Gasteiger partial charge in [-0.05, 0) is 4.57 Å². The van der Waals surface area contributed by atoms with Crippen molar-refractivity contribution in [1.29, 1.82) is 0 Å². The lowest BCUT2D eigenvalue weighted by Gasteiger charge is -2.46. The fourth-order valence-electron chi connectivity index (χ4n) is 2.35. The van der Waals surface area contributed by atoms with E-state index in [0.717, 1.165) is 0 Å². The molecule has 0 aromatic rings. The Morgan fingerprint density at radius 1 is 0.450 bits per heavy atom. The molecule has 0 heterocycles. The van der Waals surface area contributed by atoms with Crippen molar-refractivity contribution in [2.75, 3.05) is 6.61 Å². The molecule has 240 valence electrons. The lowest BCUT2D eigenvalue weighted by atomic mass is 9.82. The van der Waals surface area contributed by atoms with Crippen LogP contribution in [-0.2, 0) is 9.09 Å². The topological polar surface area (TPSA) is 49.4 Å². The van der Waals surface area contributed by atoms with E-state index in [-0.39, 0.29) is 0 Å². The zero-order chi connectivity index (χ0) is 33.2. The van der Waals surface area contributed by atoms with E-state index >= 15 is 0 Å². The third-order valence-corrected chi connectivity index (χ3v) is 5.05. The highest BCUT2D eigenvalue weighted by Gasteiger charge is 2.99. The summed E-state index contributed by atoms with van der Waals surface area (Å²) in [5, 5.41) is 0. The Bertz CT molecular complexity index is 919. The van der Waals surface area contributed by atoms with E-state index in [1.807, 2.05) is 0 Å². The minimum Gasteiger partial charge on any atom is -0.566 e. The first-order valence-corrected chi connectivity index (χ1v) is 9.63. The predicted octanol–water partition coefficient (Wildman–Crippen LogP) is 7.33. The molecule has 0 amide bonds. The molecule has 0 rings (SSSR count). The first kappa shape index (κ1) is 38.4. The van der Waals surface area contributed by atoms with E-state index in [1.165, 1.54) is 0 Å². The molecule has 40 heavy (non-hydrogen) atoms. The lowest BCUT2D eigenvalue weighted by Crippen LogP contribution is -2.79. The van der Waals surface area contributed by atoms with Crippen LogP contribution in [0.3, 0.4) is 0 Å². The molecule has 0 bridgehead atoms. The van der Waals surface area contributed by atoms with Crippen molar-refractivity contribution in [1.82, 2.24) is 0 Å². The van der Waals surface area contributed by atoms with Crippen LogP contribution in [0.2, 0.25) is 0 Å². The van der Waals surface area contributed by atoms with Gasteiger partial charge in [0.2, 0.25) is 0 Å². The summed E-state index contributed by atoms with van der Waals surface area (Å²) in [6.45, 7) is -2.40. The summed E-state index contributed by atoms with van der Waals surface area (Å²) in [7, 11) is -4.30. The van der Waals surface area contributed by atoms with Crippen LogP contribution >= 0.6 is 8.25 Å². The zero-order valence-corrected chi connectivity index (χ0v) is 18.2. The minimum absolute atomic E-state index is 2.40. The quantitative estimate of drug-likeness (QED) is 0.161. The van der Waals surface area contributed by atoms with Gasteiger partial charge in [-0.3, -0.25) is 0 Å². The Labute approximate surface area is 203 Å². The van der Waals surface area contributed by atoms with Crippen LogP contribution in [0.1, 0.15) is 6.42 Å². The summed E-state index contributed by atoms with van der Waals surface area (Å²) in [6.07, 6.45) is -20.3. The zero-order valence-electron chi connectivity index (χ0n) is 17.3. The standard InChI is InChI=1S/C13H4F23O3P/c14-3(15,1-2-39-40(37)38)5(17,18)7(21,22)9(25,26)11(29,30)10(27,28)8(23,24)6(19,20)4(16,12(31,32)33)13(34,35)36/h1-2H2. The van der Waals surface area contributed by atoms with Gasteiger partial charge >= 0.3 is 73.7 Å². The summed E-state index contributed by atoms with van der Waals surface area (Å²) in [4.78, 5) is 9.93. The van der Waals surface area contributed by atoms with E-state index in [0.29, 0.717) is 0 Å². The van der Waals surface area contributed by atoms with Crippen LogP contribution in [0.15, 0.2) is 0 Å². The van der Waals surface area contributed by atoms with Crippen LogP contribution in [0.4, 0.5) is 101 Å². The van der Waals surface area contributed by atoms with Crippen molar-refractivity contribution in [3.8, 4) is 0 Å². The van der Waals surface area contributed by atoms with Crippen molar-refractivity contribution >= 4 is 8.25 Å². The number of hydrogen-bond donors (Lipinski definition) is 0. The molecule has 3 nitrogen and oxygen atoms in total. The molecule has 0 N–H and O–H groups in total. The SMILES string of the molecule is O=[P+]([O-])OCCC(F)(F)C(F)(F)C(F)(F)C(F)(F)C(F)(F)C(F)(F)C(F)(F)C(F)(F)C(F)(C(F)(F)F)C(F)(F)F. The van der Waals surface area contributed by atoms with Gasteiger partial charge in [0.25, 0.3) is 0 Å². The maximum Gasteiger partial charge on any atom is 0.488 e. The Hall–Kier alpha value is -1.59.